The smallest absolute Gasteiger partial charge is 0.159 e. The lowest BCUT2D eigenvalue weighted by molar-refractivity contribution is 0.101. The maximum atomic E-state index is 14.8. The van der Waals surface area contributed by atoms with Crippen molar-refractivity contribution in [3.05, 3.63) is 59.4 Å². The molecule has 0 atom stereocenters. The number of halogens is 1. The van der Waals surface area contributed by atoms with Gasteiger partial charge in [-0.25, -0.2) is 4.39 Å². The van der Waals surface area contributed by atoms with E-state index in [1.807, 2.05) is 18.2 Å². The topological polar surface area (TPSA) is 17.1 Å². The molecule has 0 amide bonds. The average molecular weight is 367 g/mol. The standard InChI is InChI=1S/C25H31FO/c1-3-4-5-6-19-7-9-21(10-8-19)23-15-16-24(25(26)17-23)22-13-11-20(12-14-22)18(2)27/h11-17,19,21H,3-10H2,1-2H3. The van der Waals surface area contributed by atoms with Gasteiger partial charge in [0.1, 0.15) is 5.82 Å². The predicted octanol–water partition coefficient (Wildman–Crippen LogP) is 7.55. The van der Waals surface area contributed by atoms with E-state index >= 15 is 0 Å². The highest BCUT2D eigenvalue weighted by molar-refractivity contribution is 5.94. The van der Waals surface area contributed by atoms with Crippen LogP contribution < -0.4 is 0 Å². The maximum Gasteiger partial charge on any atom is 0.159 e. The molecule has 0 radical (unpaired) electrons. The summed E-state index contributed by atoms with van der Waals surface area (Å²) in [5.74, 6) is 1.24. The van der Waals surface area contributed by atoms with Gasteiger partial charge in [0.15, 0.2) is 5.78 Å². The average Bonchev–Trinajstić information content (AvgIpc) is 2.69. The van der Waals surface area contributed by atoms with E-state index in [2.05, 4.69) is 13.0 Å². The second kappa shape index (κ2) is 9.30. The Hall–Kier alpha value is -1.96. The van der Waals surface area contributed by atoms with Crippen LogP contribution in [0, 0.1) is 11.7 Å². The number of benzene rings is 2. The summed E-state index contributed by atoms with van der Waals surface area (Å²) in [5.41, 5.74) is 3.24. The Bertz CT molecular complexity index is 754. The van der Waals surface area contributed by atoms with Crippen molar-refractivity contribution in [3.63, 3.8) is 0 Å². The van der Waals surface area contributed by atoms with Crippen LogP contribution in [0.4, 0.5) is 4.39 Å². The zero-order valence-corrected chi connectivity index (χ0v) is 16.6. The van der Waals surface area contributed by atoms with Gasteiger partial charge >= 0.3 is 0 Å². The van der Waals surface area contributed by atoms with E-state index in [4.69, 9.17) is 0 Å². The molecule has 2 aromatic carbocycles. The number of hydrogen-bond acceptors (Lipinski definition) is 1. The molecule has 0 spiro atoms. The Balaban J connectivity index is 1.64. The largest absolute Gasteiger partial charge is 0.295 e. The van der Waals surface area contributed by atoms with Crippen molar-refractivity contribution < 1.29 is 9.18 Å². The van der Waals surface area contributed by atoms with Gasteiger partial charge in [-0.15, -0.1) is 0 Å². The molecule has 0 saturated heterocycles. The summed E-state index contributed by atoms with van der Waals surface area (Å²) in [4.78, 5) is 11.4. The van der Waals surface area contributed by atoms with Crippen LogP contribution in [-0.2, 0) is 0 Å². The number of rotatable bonds is 7. The maximum absolute atomic E-state index is 14.8. The first kappa shape index (κ1) is 19.8. The molecule has 0 heterocycles. The second-order valence-corrected chi connectivity index (χ2v) is 8.09. The summed E-state index contributed by atoms with van der Waals surface area (Å²) in [5, 5.41) is 0. The lowest BCUT2D eigenvalue weighted by atomic mass is 9.77. The van der Waals surface area contributed by atoms with Gasteiger partial charge in [0, 0.05) is 11.1 Å². The van der Waals surface area contributed by atoms with Gasteiger partial charge in [-0.2, -0.15) is 0 Å². The summed E-state index contributed by atoms with van der Waals surface area (Å²) in [6.45, 7) is 3.80. The van der Waals surface area contributed by atoms with Gasteiger partial charge in [0.2, 0.25) is 0 Å². The zero-order chi connectivity index (χ0) is 19.2. The van der Waals surface area contributed by atoms with Gasteiger partial charge in [-0.05, 0) is 61.6 Å². The van der Waals surface area contributed by atoms with Crippen LogP contribution in [0.3, 0.4) is 0 Å². The number of Topliss-reactive ketones (excluding diaryl/α,β-unsaturated/α-hetero) is 1. The number of ketones is 1. The fraction of sp³-hybridized carbons (Fsp3) is 0.480. The quantitative estimate of drug-likeness (QED) is 0.365. The van der Waals surface area contributed by atoms with Gasteiger partial charge in [0.25, 0.3) is 0 Å². The minimum Gasteiger partial charge on any atom is -0.295 e. The van der Waals surface area contributed by atoms with E-state index in [9.17, 15) is 9.18 Å². The van der Waals surface area contributed by atoms with E-state index < -0.39 is 0 Å². The molecule has 3 rings (SSSR count). The normalized spacial score (nSPS) is 19.8. The summed E-state index contributed by atoms with van der Waals surface area (Å²) >= 11 is 0. The number of carbonyl (C=O) groups is 1. The molecule has 0 bridgehead atoms. The SMILES string of the molecule is CCCCCC1CCC(c2ccc(-c3ccc(C(C)=O)cc3)c(F)c2)CC1. The number of unbranched alkanes of at least 4 members (excludes halogenated alkanes) is 2. The lowest BCUT2D eigenvalue weighted by Crippen LogP contribution is -2.13. The fourth-order valence-electron chi connectivity index (χ4n) is 4.37. The molecule has 1 saturated carbocycles. The molecule has 0 unspecified atom stereocenters. The Morgan fingerprint density at radius 1 is 1.00 bits per heavy atom. The molecular formula is C25H31FO. The Labute approximate surface area is 163 Å². The monoisotopic (exact) mass is 366 g/mol. The Kier molecular flexibility index (Phi) is 6.82. The van der Waals surface area contributed by atoms with Crippen LogP contribution in [0.1, 0.15) is 87.1 Å². The first-order chi connectivity index (χ1) is 13.1. The third-order valence-corrected chi connectivity index (χ3v) is 6.13. The van der Waals surface area contributed by atoms with Crippen LogP contribution in [0.2, 0.25) is 0 Å². The van der Waals surface area contributed by atoms with Crippen molar-refractivity contribution in [2.75, 3.05) is 0 Å². The van der Waals surface area contributed by atoms with Crippen LogP contribution in [0.5, 0.6) is 0 Å². The van der Waals surface area contributed by atoms with Crippen molar-refractivity contribution >= 4 is 5.78 Å². The van der Waals surface area contributed by atoms with E-state index in [-0.39, 0.29) is 11.6 Å². The molecule has 0 aliphatic heterocycles. The first-order valence-corrected chi connectivity index (χ1v) is 10.5. The van der Waals surface area contributed by atoms with Crippen LogP contribution in [-0.4, -0.2) is 5.78 Å². The molecule has 0 aromatic heterocycles. The van der Waals surface area contributed by atoms with E-state index in [1.54, 1.807) is 25.1 Å². The Morgan fingerprint density at radius 2 is 1.70 bits per heavy atom. The second-order valence-electron chi connectivity index (χ2n) is 8.09. The molecule has 1 aliphatic carbocycles. The van der Waals surface area contributed by atoms with Gasteiger partial charge < -0.3 is 0 Å². The van der Waals surface area contributed by atoms with E-state index in [1.165, 1.54) is 51.4 Å². The minimum absolute atomic E-state index is 0.0302. The predicted molar refractivity (Wildman–Crippen MR) is 111 cm³/mol. The van der Waals surface area contributed by atoms with Crippen molar-refractivity contribution in [2.24, 2.45) is 5.92 Å². The molecule has 2 aromatic rings. The van der Waals surface area contributed by atoms with Crippen molar-refractivity contribution in [3.8, 4) is 11.1 Å². The molecular weight excluding hydrogens is 335 g/mol. The molecule has 144 valence electrons. The van der Waals surface area contributed by atoms with Crippen molar-refractivity contribution in [1.82, 2.24) is 0 Å². The number of carbonyl (C=O) groups excluding carboxylic acids is 1. The molecule has 27 heavy (non-hydrogen) atoms. The zero-order valence-electron chi connectivity index (χ0n) is 16.6. The van der Waals surface area contributed by atoms with Crippen LogP contribution >= 0.6 is 0 Å². The summed E-state index contributed by atoms with van der Waals surface area (Å²) in [7, 11) is 0. The lowest BCUT2D eigenvalue weighted by Gasteiger charge is -2.29. The summed E-state index contributed by atoms with van der Waals surface area (Å²) in [6.07, 6.45) is 10.3. The minimum atomic E-state index is -0.159. The van der Waals surface area contributed by atoms with Gasteiger partial charge in [-0.1, -0.05) is 69.0 Å². The summed E-state index contributed by atoms with van der Waals surface area (Å²) < 4.78 is 14.8. The Morgan fingerprint density at radius 3 is 2.30 bits per heavy atom. The molecule has 2 heteroatoms. The molecule has 1 nitrogen and oxygen atoms in total. The van der Waals surface area contributed by atoms with Gasteiger partial charge in [-0.3, -0.25) is 4.79 Å². The highest BCUT2D eigenvalue weighted by Crippen LogP contribution is 2.38. The van der Waals surface area contributed by atoms with Crippen LogP contribution in [0.25, 0.3) is 11.1 Å². The molecule has 0 N–H and O–H groups in total. The fourth-order valence-corrected chi connectivity index (χ4v) is 4.37. The van der Waals surface area contributed by atoms with Crippen molar-refractivity contribution in [1.29, 1.82) is 0 Å². The third-order valence-electron chi connectivity index (χ3n) is 6.13. The molecule has 1 aliphatic rings. The first-order valence-electron chi connectivity index (χ1n) is 10.5. The highest BCUT2D eigenvalue weighted by Gasteiger charge is 2.22. The molecule has 1 fully saturated rings. The van der Waals surface area contributed by atoms with Crippen molar-refractivity contribution in [2.45, 2.75) is 71.1 Å². The number of hydrogen-bond donors (Lipinski definition) is 0. The van der Waals surface area contributed by atoms with Gasteiger partial charge in [0.05, 0.1) is 0 Å². The summed E-state index contributed by atoms with van der Waals surface area (Å²) in [6, 6.07) is 12.9. The van der Waals surface area contributed by atoms with E-state index in [0.29, 0.717) is 17.0 Å². The highest BCUT2D eigenvalue weighted by atomic mass is 19.1. The van der Waals surface area contributed by atoms with E-state index in [0.717, 1.165) is 17.0 Å². The van der Waals surface area contributed by atoms with Crippen LogP contribution in [0.15, 0.2) is 42.5 Å². The third kappa shape index (κ3) is 5.06.